The number of amides is 1. The highest BCUT2D eigenvalue weighted by molar-refractivity contribution is 7.80. The van der Waals surface area contributed by atoms with Crippen molar-refractivity contribution in [3.63, 3.8) is 0 Å². The molecule has 4 aromatic rings. The van der Waals surface area contributed by atoms with Gasteiger partial charge in [-0.25, -0.2) is 0 Å². The number of hydrogen-bond acceptors (Lipinski definition) is 5. The number of hydrogen-bond donors (Lipinski definition) is 2. The predicted molar refractivity (Wildman–Crippen MR) is 149 cm³/mol. The summed E-state index contributed by atoms with van der Waals surface area (Å²) >= 11 is 5.78. The Balaban J connectivity index is 1.38. The van der Waals surface area contributed by atoms with Gasteiger partial charge < -0.3 is 29.6 Å². The standard InChI is InChI=1S/C29H27N5O3S/c1-18-14-22(19(2)34(18)21-11-12-24-25(15-21)37-17-36-24)28-27(23-10-6-7-13-30-23)32-29(38)33(28)16-26(35)31-20-8-4-3-5-9-20/h3-15,27-28H,16-17H2,1-2H3,(H,31,35)(H,32,38)/t27-,28-/m1/s1. The molecule has 0 unspecified atom stereocenters. The third kappa shape index (κ3) is 4.35. The van der Waals surface area contributed by atoms with Crippen molar-refractivity contribution in [3.05, 3.63) is 102 Å². The second-order valence-electron chi connectivity index (χ2n) is 9.37. The molecule has 0 spiro atoms. The first-order chi connectivity index (χ1) is 18.5. The Morgan fingerprint density at radius 2 is 1.84 bits per heavy atom. The number of carbonyl (C=O) groups excluding carboxylic acids is 1. The lowest BCUT2D eigenvalue weighted by atomic mass is 9.96. The molecule has 1 fully saturated rings. The molecule has 0 aliphatic carbocycles. The molecule has 2 atom stereocenters. The van der Waals surface area contributed by atoms with E-state index in [1.165, 1.54) is 0 Å². The number of thiocarbonyl (C=S) groups is 1. The Hall–Kier alpha value is -4.37. The average molecular weight is 526 g/mol. The van der Waals surface area contributed by atoms with E-state index >= 15 is 0 Å². The maximum Gasteiger partial charge on any atom is 0.244 e. The van der Waals surface area contributed by atoms with E-state index in [-0.39, 0.29) is 31.3 Å². The molecule has 0 bridgehead atoms. The Morgan fingerprint density at radius 3 is 2.63 bits per heavy atom. The van der Waals surface area contributed by atoms with Gasteiger partial charge in [0, 0.05) is 35.0 Å². The lowest BCUT2D eigenvalue weighted by Gasteiger charge is -2.27. The van der Waals surface area contributed by atoms with E-state index in [1.807, 2.05) is 71.6 Å². The van der Waals surface area contributed by atoms with Gasteiger partial charge in [-0.15, -0.1) is 0 Å². The predicted octanol–water partition coefficient (Wildman–Crippen LogP) is 4.83. The first kappa shape index (κ1) is 24.0. The van der Waals surface area contributed by atoms with Gasteiger partial charge in [-0.05, 0) is 74.1 Å². The molecule has 0 saturated carbocycles. The second-order valence-corrected chi connectivity index (χ2v) is 9.75. The average Bonchev–Trinajstić information content (AvgIpc) is 3.60. The number of aryl methyl sites for hydroxylation is 1. The SMILES string of the molecule is Cc1cc([C@@H]2[C@@H](c3ccccn3)NC(=S)N2CC(=O)Nc2ccccc2)c(C)n1-c1ccc2c(c1)OCO2. The van der Waals surface area contributed by atoms with E-state index < -0.39 is 0 Å². The van der Waals surface area contributed by atoms with Crippen LogP contribution in [0.5, 0.6) is 11.5 Å². The normalized spacial score (nSPS) is 17.9. The number of fused-ring (bicyclic) bond motifs is 1. The largest absolute Gasteiger partial charge is 0.454 e. The van der Waals surface area contributed by atoms with E-state index in [9.17, 15) is 4.79 Å². The van der Waals surface area contributed by atoms with Crippen molar-refractivity contribution >= 4 is 28.9 Å². The summed E-state index contributed by atoms with van der Waals surface area (Å²) < 4.78 is 13.3. The van der Waals surface area contributed by atoms with Gasteiger partial charge in [0.25, 0.3) is 0 Å². The van der Waals surface area contributed by atoms with Crippen LogP contribution >= 0.6 is 12.2 Å². The number of nitrogens with zero attached hydrogens (tertiary/aromatic N) is 3. The minimum atomic E-state index is -0.243. The Kier molecular flexibility index (Phi) is 6.21. The third-order valence-corrected chi connectivity index (χ3v) is 7.32. The maximum absolute atomic E-state index is 13.1. The molecule has 192 valence electrons. The van der Waals surface area contributed by atoms with E-state index in [1.54, 1.807) is 6.20 Å². The fourth-order valence-electron chi connectivity index (χ4n) is 5.30. The van der Waals surface area contributed by atoms with Crippen molar-refractivity contribution in [2.45, 2.75) is 25.9 Å². The molecule has 6 rings (SSSR count). The van der Waals surface area contributed by atoms with E-state index in [0.29, 0.717) is 5.11 Å². The molecule has 4 heterocycles. The highest BCUT2D eigenvalue weighted by atomic mass is 32.1. The number of nitrogens with one attached hydrogen (secondary N) is 2. The van der Waals surface area contributed by atoms with Crippen molar-refractivity contribution in [1.29, 1.82) is 0 Å². The molecule has 8 nitrogen and oxygen atoms in total. The summed E-state index contributed by atoms with van der Waals surface area (Å²) in [5.41, 5.74) is 5.76. The van der Waals surface area contributed by atoms with Crippen LogP contribution in [0, 0.1) is 13.8 Å². The third-order valence-electron chi connectivity index (χ3n) is 6.97. The molecule has 1 amide bonds. The van der Waals surface area contributed by atoms with Gasteiger partial charge in [0.15, 0.2) is 16.6 Å². The zero-order valence-corrected chi connectivity index (χ0v) is 21.9. The summed E-state index contributed by atoms with van der Waals surface area (Å²) in [7, 11) is 0. The molecule has 1 saturated heterocycles. The molecule has 2 aromatic heterocycles. The van der Waals surface area contributed by atoms with Crippen molar-refractivity contribution in [3.8, 4) is 17.2 Å². The summed E-state index contributed by atoms with van der Waals surface area (Å²) in [5.74, 6) is 1.33. The Labute approximate surface area is 226 Å². The number of benzene rings is 2. The summed E-state index contributed by atoms with van der Waals surface area (Å²) in [4.78, 5) is 19.7. The van der Waals surface area contributed by atoms with Crippen LogP contribution in [0.1, 0.15) is 34.7 Å². The van der Waals surface area contributed by atoms with Crippen LogP contribution in [0.15, 0.2) is 79.0 Å². The van der Waals surface area contributed by atoms with Crippen LogP contribution in [0.2, 0.25) is 0 Å². The quantitative estimate of drug-likeness (QED) is 0.349. The van der Waals surface area contributed by atoms with Crippen molar-refractivity contribution < 1.29 is 14.3 Å². The maximum atomic E-state index is 13.1. The van der Waals surface area contributed by atoms with Gasteiger partial charge in [0.05, 0.1) is 17.8 Å². The van der Waals surface area contributed by atoms with Gasteiger partial charge in [-0.3, -0.25) is 9.78 Å². The first-order valence-electron chi connectivity index (χ1n) is 12.4. The fourth-order valence-corrected chi connectivity index (χ4v) is 5.60. The number of pyridine rings is 1. The molecule has 2 aliphatic rings. The van der Waals surface area contributed by atoms with Crippen LogP contribution in [-0.2, 0) is 4.79 Å². The molecule has 2 aliphatic heterocycles. The van der Waals surface area contributed by atoms with Gasteiger partial charge in [0.2, 0.25) is 12.7 Å². The molecule has 0 radical (unpaired) electrons. The molecule has 9 heteroatoms. The van der Waals surface area contributed by atoms with E-state index in [4.69, 9.17) is 21.7 Å². The minimum absolute atomic E-state index is 0.0996. The number of ether oxygens (including phenoxy) is 2. The number of aromatic nitrogens is 2. The van der Waals surface area contributed by atoms with Gasteiger partial charge in [-0.2, -0.15) is 0 Å². The number of anilines is 1. The summed E-state index contributed by atoms with van der Waals surface area (Å²) in [6.45, 7) is 4.49. The second kappa shape index (κ2) is 9.83. The number of carbonyl (C=O) groups is 1. The van der Waals surface area contributed by atoms with Crippen LogP contribution in [-0.4, -0.2) is 38.8 Å². The molecule has 2 aromatic carbocycles. The number of rotatable bonds is 6. The molecule has 38 heavy (non-hydrogen) atoms. The van der Waals surface area contributed by atoms with Crippen molar-refractivity contribution in [1.82, 2.24) is 19.8 Å². The lowest BCUT2D eigenvalue weighted by Crippen LogP contribution is -2.37. The van der Waals surface area contributed by atoms with Crippen LogP contribution in [0.25, 0.3) is 5.69 Å². The lowest BCUT2D eigenvalue weighted by molar-refractivity contribution is -0.116. The van der Waals surface area contributed by atoms with Gasteiger partial charge in [-0.1, -0.05) is 24.3 Å². The van der Waals surface area contributed by atoms with Crippen LogP contribution in [0.4, 0.5) is 5.69 Å². The van der Waals surface area contributed by atoms with Crippen molar-refractivity contribution in [2.24, 2.45) is 0 Å². The van der Waals surface area contributed by atoms with Crippen LogP contribution in [0.3, 0.4) is 0 Å². The van der Waals surface area contributed by atoms with E-state index in [2.05, 4.69) is 40.1 Å². The molecule has 2 N–H and O–H groups in total. The molecular formula is C29H27N5O3S. The van der Waals surface area contributed by atoms with Gasteiger partial charge >= 0.3 is 0 Å². The summed E-state index contributed by atoms with van der Waals surface area (Å²) in [5, 5.41) is 6.93. The summed E-state index contributed by atoms with van der Waals surface area (Å²) in [6, 6.07) is 22.9. The zero-order chi connectivity index (χ0) is 26.2. The Morgan fingerprint density at radius 1 is 1.05 bits per heavy atom. The monoisotopic (exact) mass is 525 g/mol. The number of para-hydroxylation sites is 1. The first-order valence-corrected chi connectivity index (χ1v) is 12.8. The highest BCUT2D eigenvalue weighted by Crippen LogP contribution is 2.42. The van der Waals surface area contributed by atoms with Gasteiger partial charge in [0.1, 0.15) is 6.54 Å². The zero-order valence-electron chi connectivity index (χ0n) is 21.0. The fraction of sp³-hybridized carbons (Fsp3) is 0.207. The topological polar surface area (TPSA) is 80.7 Å². The smallest absolute Gasteiger partial charge is 0.244 e. The van der Waals surface area contributed by atoms with E-state index in [0.717, 1.165) is 45.5 Å². The summed E-state index contributed by atoms with van der Waals surface area (Å²) in [6.07, 6.45) is 1.78. The minimum Gasteiger partial charge on any atom is -0.454 e. The highest BCUT2D eigenvalue weighted by Gasteiger charge is 2.42. The Bertz CT molecular complexity index is 1510. The van der Waals surface area contributed by atoms with Crippen LogP contribution < -0.4 is 20.1 Å². The molecular weight excluding hydrogens is 498 g/mol. The van der Waals surface area contributed by atoms with Crippen molar-refractivity contribution in [2.75, 3.05) is 18.7 Å².